The summed E-state index contributed by atoms with van der Waals surface area (Å²) < 4.78 is 0. The van der Waals surface area contributed by atoms with Crippen LogP contribution < -0.4 is 0 Å². The molecule has 0 aromatic rings. The van der Waals surface area contributed by atoms with Crippen LogP contribution in [0.5, 0.6) is 0 Å². The molecule has 0 rings (SSSR count). The molecule has 86 valence electrons. The van der Waals surface area contributed by atoms with Crippen molar-refractivity contribution in [1.29, 1.82) is 0 Å². The molecule has 0 saturated heterocycles. The van der Waals surface area contributed by atoms with E-state index in [0.29, 0.717) is 0 Å². The van der Waals surface area contributed by atoms with Crippen LogP contribution >= 0.6 is 0 Å². The van der Waals surface area contributed by atoms with Gasteiger partial charge in [-0.3, -0.25) is 0 Å². The van der Waals surface area contributed by atoms with Crippen LogP contribution in [0.25, 0.3) is 0 Å². The van der Waals surface area contributed by atoms with Crippen molar-refractivity contribution in [2.24, 2.45) is 11.8 Å². The van der Waals surface area contributed by atoms with Crippen LogP contribution in [0, 0.1) is 11.8 Å². The van der Waals surface area contributed by atoms with Crippen molar-refractivity contribution in [3.8, 4) is 0 Å². The van der Waals surface area contributed by atoms with E-state index in [2.05, 4.69) is 27.7 Å². The lowest BCUT2D eigenvalue weighted by molar-refractivity contribution is 0.386. The summed E-state index contributed by atoms with van der Waals surface area (Å²) in [4.78, 5) is 0. The van der Waals surface area contributed by atoms with Crippen LogP contribution in [0.4, 0.5) is 0 Å². The molecule has 14 heavy (non-hydrogen) atoms. The lowest BCUT2D eigenvalue weighted by Gasteiger charge is -2.14. The van der Waals surface area contributed by atoms with Crippen LogP contribution in [0.1, 0.15) is 79.1 Å². The number of unbranched alkanes of at least 4 members (excludes halogenated alkanes) is 2. The Kier molecular flexibility index (Phi) is 9.55. The van der Waals surface area contributed by atoms with E-state index >= 15 is 0 Å². The summed E-state index contributed by atoms with van der Waals surface area (Å²) in [5.41, 5.74) is 0. The first-order valence-electron chi connectivity index (χ1n) is 6.70. The Balaban J connectivity index is 3.38. The Bertz CT molecular complexity index is 105. The third kappa shape index (κ3) is 8.59. The molecule has 1 unspecified atom stereocenters. The molecule has 0 saturated carbocycles. The predicted octanol–water partition coefficient (Wildman–Crippen LogP) is 5.42. The standard InChI is InChI=1S/C14H30/c1-5-7-8-11-14(6-2)12-9-10-13(3)4/h13-14H,5-12H2,1-4H3. The third-order valence-corrected chi connectivity index (χ3v) is 3.19. The molecule has 0 amide bonds. The first-order valence-corrected chi connectivity index (χ1v) is 6.70. The van der Waals surface area contributed by atoms with Gasteiger partial charge in [0.05, 0.1) is 0 Å². The fourth-order valence-corrected chi connectivity index (χ4v) is 2.05. The predicted molar refractivity (Wildman–Crippen MR) is 66.6 cm³/mol. The highest BCUT2D eigenvalue weighted by Gasteiger charge is 2.05. The molecule has 0 aliphatic carbocycles. The highest BCUT2D eigenvalue weighted by atomic mass is 14.1. The fourth-order valence-electron chi connectivity index (χ4n) is 2.05. The molecule has 1 atom stereocenters. The Hall–Kier alpha value is 0. The average Bonchev–Trinajstić information content (AvgIpc) is 2.15. The summed E-state index contributed by atoms with van der Waals surface area (Å²) >= 11 is 0. The highest BCUT2D eigenvalue weighted by Crippen LogP contribution is 2.21. The first kappa shape index (κ1) is 14.0. The van der Waals surface area contributed by atoms with Gasteiger partial charge in [0.15, 0.2) is 0 Å². The van der Waals surface area contributed by atoms with Gasteiger partial charge in [0.2, 0.25) is 0 Å². The zero-order valence-electron chi connectivity index (χ0n) is 10.8. The average molecular weight is 198 g/mol. The maximum absolute atomic E-state index is 2.35. The maximum Gasteiger partial charge on any atom is -0.0417 e. The Morgan fingerprint density at radius 1 is 0.786 bits per heavy atom. The van der Waals surface area contributed by atoms with Crippen LogP contribution in [0.3, 0.4) is 0 Å². The molecule has 0 heteroatoms. The van der Waals surface area contributed by atoms with Gasteiger partial charge in [0, 0.05) is 0 Å². The zero-order valence-corrected chi connectivity index (χ0v) is 10.8. The van der Waals surface area contributed by atoms with E-state index < -0.39 is 0 Å². The van der Waals surface area contributed by atoms with Crippen molar-refractivity contribution >= 4 is 0 Å². The SMILES string of the molecule is CCCCCC(CC)CCCC(C)C. The smallest absolute Gasteiger partial charge is 0.0417 e. The van der Waals surface area contributed by atoms with Gasteiger partial charge in [0.25, 0.3) is 0 Å². The van der Waals surface area contributed by atoms with Crippen LogP contribution in [0.15, 0.2) is 0 Å². The van der Waals surface area contributed by atoms with Crippen molar-refractivity contribution in [3.05, 3.63) is 0 Å². The van der Waals surface area contributed by atoms with E-state index in [1.165, 1.54) is 51.4 Å². The van der Waals surface area contributed by atoms with Gasteiger partial charge in [0.1, 0.15) is 0 Å². The molecule has 0 spiro atoms. The minimum atomic E-state index is 0.892. The summed E-state index contributed by atoms with van der Waals surface area (Å²) in [6, 6.07) is 0. The Morgan fingerprint density at radius 3 is 1.93 bits per heavy atom. The summed E-state index contributed by atoms with van der Waals surface area (Å²) in [7, 11) is 0. The minimum absolute atomic E-state index is 0.892. The van der Waals surface area contributed by atoms with Gasteiger partial charge in [-0.25, -0.2) is 0 Å². The third-order valence-electron chi connectivity index (χ3n) is 3.19. The molecule has 0 nitrogen and oxygen atoms in total. The second-order valence-electron chi connectivity index (χ2n) is 5.09. The number of hydrogen-bond acceptors (Lipinski definition) is 0. The molecule has 0 radical (unpaired) electrons. The van der Waals surface area contributed by atoms with E-state index in [-0.39, 0.29) is 0 Å². The van der Waals surface area contributed by atoms with E-state index in [1.807, 2.05) is 0 Å². The highest BCUT2D eigenvalue weighted by molar-refractivity contribution is 4.59. The lowest BCUT2D eigenvalue weighted by atomic mass is 9.92. The van der Waals surface area contributed by atoms with Crippen molar-refractivity contribution in [2.45, 2.75) is 79.1 Å². The Labute approximate surface area is 91.5 Å². The normalized spacial score (nSPS) is 13.5. The second-order valence-corrected chi connectivity index (χ2v) is 5.09. The topological polar surface area (TPSA) is 0 Å². The minimum Gasteiger partial charge on any atom is -0.0654 e. The molecule has 0 heterocycles. The Morgan fingerprint density at radius 2 is 1.43 bits per heavy atom. The molecule has 0 fully saturated rings. The van der Waals surface area contributed by atoms with Gasteiger partial charge < -0.3 is 0 Å². The van der Waals surface area contributed by atoms with Gasteiger partial charge in [-0.05, 0) is 11.8 Å². The van der Waals surface area contributed by atoms with Gasteiger partial charge in [-0.1, -0.05) is 79.1 Å². The van der Waals surface area contributed by atoms with Crippen molar-refractivity contribution in [2.75, 3.05) is 0 Å². The molecular formula is C14H30. The van der Waals surface area contributed by atoms with Crippen molar-refractivity contribution in [1.82, 2.24) is 0 Å². The first-order chi connectivity index (χ1) is 6.70. The van der Waals surface area contributed by atoms with E-state index in [4.69, 9.17) is 0 Å². The molecule has 0 N–H and O–H groups in total. The summed E-state index contributed by atoms with van der Waals surface area (Å²) in [5, 5.41) is 0. The molecule has 0 aliphatic rings. The van der Waals surface area contributed by atoms with Crippen LogP contribution in [-0.2, 0) is 0 Å². The monoisotopic (exact) mass is 198 g/mol. The zero-order chi connectivity index (χ0) is 10.8. The van der Waals surface area contributed by atoms with Gasteiger partial charge in [-0.2, -0.15) is 0 Å². The molecule has 0 bridgehead atoms. The van der Waals surface area contributed by atoms with Crippen LogP contribution in [-0.4, -0.2) is 0 Å². The molecule has 0 aromatic heterocycles. The summed E-state index contributed by atoms with van der Waals surface area (Å²) in [5.74, 6) is 1.91. The molecule has 0 aliphatic heterocycles. The maximum atomic E-state index is 2.35. The van der Waals surface area contributed by atoms with E-state index in [0.717, 1.165) is 11.8 Å². The lowest BCUT2D eigenvalue weighted by Crippen LogP contribution is -2.00. The van der Waals surface area contributed by atoms with Crippen LogP contribution in [0.2, 0.25) is 0 Å². The molecule has 0 aromatic carbocycles. The number of rotatable bonds is 9. The quantitative estimate of drug-likeness (QED) is 0.434. The van der Waals surface area contributed by atoms with E-state index in [1.54, 1.807) is 0 Å². The summed E-state index contributed by atoms with van der Waals surface area (Å²) in [6.45, 7) is 9.31. The van der Waals surface area contributed by atoms with E-state index in [9.17, 15) is 0 Å². The largest absolute Gasteiger partial charge is 0.0654 e. The fraction of sp³-hybridized carbons (Fsp3) is 1.00. The molecular weight excluding hydrogens is 168 g/mol. The van der Waals surface area contributed by atoms with Gasteiger partial charge >= 0.3 is 0 Å². The van der Waals surface area contributed by atoms with Crippen molar-refractivity contribution in [3.63, 3.8) is 0 Å². The van der Waals surface area contributed by atoms with Crippen molar-refractivity contribution < 1.29 is 0 Å². The summed E-state index contributed by atoms with van der Waals surface area (Å²) in [6.07, 6.45) is 11.5. The number of hydrogen-bond donors (Lipinski definition) is 0. The van der Waals surface area contributed by atoms with Gasteiger partial charge in [-0.15, -0.1) is 0 Å². The second kappa shape index (κ2) is 9.55.